The fourth-order valence-corrected chi connectivity index (χ4v) is 3.20. The lowest BCUT2D eigenvalue weighted by molar-refractivity contribution is -0.116. The Morgan fingerprint density at radius 1 is 1.32 bits per heavy atom. The van der Waals surface area contributed by atoms with Gasteiger partial charge in [-0.3, -0.25) is 4.79 Å². The third kappa shape index (κ3) is 4.05. The lowest BCUT2D eigenvalue weighted by atomic mass is 10.2. The molecule has 22 heavy (non-hydrogen) atoms. The summed E-state index contributed by atoms with van der Waals surface area (Å²) >= 11 is 0. The van der Waals surface area contributed by atoms with Crippen LogP contribution in [0.4, 0.5) is 5.69 Å². The first-order valence-electron chi connectivity index (χ1n) is 6.77. The lowest BCUT2D eigenvalue weighted by Crippen LogP contribution is -2.39. The minimum absolute atomic E-state index is 0.100. The molecule has 0 heterocycles. The molecule has 1 aromatic carbocycles. The van der Waals surface area contributed by atoms with E-state index < -0.39 is 21.9 Å². The SMILES string of the molecule is COC(=O)c1ccccc1NC(=O)CN(C1CC1)S(C)(=O)=O. The monoisotopic (exact) mass is 326 g/mol. The minimum atomic E-state index is -3.44. The van der Waals surface area contributed by atoms with Gasteiger partial charge in [-0.25, -0.2) is 13.2 Å². The summed E-state index contributed by atoms with van der Waals surface area (Å²) in [5.41, 5.74) is 0.513. The van der Waals surface area contributed by atoms with Crippen LogP contribution in [0, 0.1) is 0 Å². The van der Waals surface area contributed by atoms with Gasteiger partial charge in [0.25, 0.3) is 0 Å². The van der Waals surface area contributed by atoms with Crippen molar-refractivity contribution in [2.75, 3.05) is 25.2 Å². The van der Waals surface area contributed by atoms with Crippen LogP contribution in [0.2, 0.25) is 0 Å². The third-order valence-corrected chi connectivity index (χ3v) is 4.57. The summed E-state index contributed by atoms with van der Waals surface area (Å²) in [6.07, 6.45) is 2.61. The molecule has 1 aliphatic rings. The molecule has 0 unspecified atom stereocenters. The Hall–Kier alpha value is -1.93. The van der Waals surface area contributed by atoms with E-state index in [9.17, 15) is 18.0 Å². The molecule has 0 aliphatic heterocycles. The number of sulfonamides is 1. The average molecular weight is 326 g/mol. The number of benzene rings is 1. The molecule has 2 rings (SSSR count). The number of carbonyl (C=O) groups is 2. The average Bonchev–Trinajstić information content (AvgIpc) is 3.28. The first-order chi connectivity index (χ1) is 10.3. The van der Waals surface area contributed by atoms with Crippen molar-refractivity contribution in [2.45, 2.75) is 18.9 Å². The van der Waals surface area contributed by atoms with Crippen LogP contribution in [0.3, 0.4) is 0 Å². The second-order valence-electron chi connectivity index (χ2n) is 5.12. The van der Waals surface area contributed by atoms with E-state index in [-0.39, 0.29) is 18.2 Å². The summed E-state index contributed by atoms with van der Waals surface area (Å²) in [4.78, 5) is 23.7. The first-order valence-corrected chi connectivity index (χ1v) is 8.61. The summed E-state index contributed by atoms with van der Waals surface area (Å²) in [6, 6.07) is 6.30. The van der Waals surface area contributed by atoms with Gasteiger partial charge in [0.2, 0.25) is 15.9 Å². The van der Waals surface area contributed by atoms with Crippen LogP contribution in [0.25, 0.3) is 0 Å². The van der Waals surface area contributed by atoms with Crippen LogP contribution >= 0.6 is 0 Å². The number of hydrogen-bond donors (Lipinski definition) is 1. The van der Waals surface area contributed by atoms with E-state index in [4.69, 9.17) is 0 Å². The number of ether oxygens (including phenoxy) is 1. The number of esters is 1. The molecule has 1 aromatic rings. The smallest absolute Gasteiger partial charge is 0.339 e. The summed E-state index contributed by atoms with van der Waals surface area (Å²) in [5.74, 6) is -1.06. The molecule has 1 N–H and O–H groups in total. The van der Waals surface area contributed by atoms with Crippen molar-refractivity contribution < 1.29 is 22.7 Å². The van der Waals surface area contributed by atoms with Crippen molar-refractivity contribution in [2.24, 2.45) is 0 Å². The second kappa shape index (κ2) is 6.45. The summed E-state index contributed by atoms with van der Waals surface area (Å²) in [5, 5.41) is 2.57. The van der Waals surface area contributed by atoms with E-state index >= 15 is 0 Å². The highest BCUT2D eigenvalue weighted by atomic mass is 32.2. The van der Waals surface area contributed by atoms with Crippen LogP contribution in [-0.4, -0.2) is 50.6 Å². The molecule has 0 saturated heterocycles. The van der Waals surface area contributed by atoms with Crippen LogP contribution < -0.4 is 5.32 Å². The fourth-order valence-electron chi connectivity index (χ4n) is 2.09. The molecule has 1 fully saturated rings. The molecule has 0 atom stereocenters. The molecule has 0 radical (unpaired) electrons. The number of hydrogen-bond acceptors (Lipinski definition) is 5. The highest BCUT2D eigenvalue weighted by Gasteiger charge is 2.36. The molecular formula is C14H18N2O5S. The van der Waals surface area contributed by atoms with Crippen LogP contribution in [0.1, 0.15) is 23.2 Å². The van der Waals surface area contributed by atoms with Crippen molar-refractivity contribution in [3.8, 4) is 0 Å². The van der Waals surface area contributed by atoms with Gasteiger partial charge in [0.1, 0.15) is 0 Å². The Morgan fingerprint density at radius 3 is 2.50 bits per heavy atom. The quantitative estimate of drug-likeness (QED) is 0.782. The molecule has 0 spiro atoms. The maximum absolute atomic E-state index is 12.1. The number of nitrogens with one attached hydrogen (secondary N) is 1. The zero-order valence-corrected chi connectivity index (χ0v) is 13.2. The van der Waals surface area contributed by atoms with Gasteiger partial charge in [-0.05, 0) is 25.0 Å². The van der Waals surface area contributed by atoms with E-state index in [1.54, 1.807) is 18.2 Å². The van der Waals surface area contributed by atoms with Crippen molar-refractivity contribution in [3.05, 3.63) is 29.8 Å². The summed E-state index contributed by atoms with van der Waals surface area (Å²) < 4.78 is 29.2. The molecule has 1 aliphatic carbocycles. The Bertz CT molecular complexity index is 682. The molecule has 7 nitrogen and oxygen atoms in total. The normalized spacial score (nSPS) is 14.7. The zero-order chi connectivity index (χ0) is 16.3. The molecule has 0 bridgehead atoms. The topological polar surface area (TPSA) is 92.8 Å². The number of anilines is 1. The molecule has 1 amide bonds. The summed E-state index contributed by atoms with van der Waals surface area (Å²) in [7, 11) is -2.19. The molecule has 120 valence electrons. The molecular weight excluding hydrogens is 308 g/mol. The van der Waals surface area contributed by atoms with Gasteiger partial charge in [-0.1, -0.05) is 12.1 Å². The zero-order valence-electron chi connectivity index (χ0n) is 12.4. The van der Waals surface area contributed by atoms with Crippen molar-refractivity contribution in [1.29, 1.82) is 0 Å². The molecule has 1 saturated carbocycles. The predicted octanol–water partition coefficient (Wildman–Crippen LogP) is 0.836. The predicted molar refractivity (Wildman–Crippen MR) is 81.0 cm³/mol. The standard InChI is InChI=1S/C14H18N2O5S/c1-21-14(18)11-5-3-4-6-12(11)15-13(17)9-16(10-7-8-10)22(2,19)20/h3-6,10H,7-9H2,1-2H3,(H,15,17). The van der Waals surface area contributed by atoms with E-state index in [1.807, 2.05) is 0 Å². The maximum Gasteiger partial charge on any atom is 0.339 e. The van der Waals surface area contributed by atoms with Crippen molar-refractivity contribution in [3.63, 3.8) is 0 Å². The van der Waals surface area contributed by atoms with Gasteiger partial charge in [0.05, 0.1) is 31.2 Å². The van der Waals surface area contributed by atoms with E-state index in [1.165, 1.54) is 17.5 Å². The van der Waals surface area contributed by atoms with Crippen LogP contribution in [0.5, 0.6) is 0 Å². The Labute approximate surface area is 129 Å². The molecule has 8 heteroatoms. The van der Waals surface area contributed by atoms with Gasteiger partial charge < -0.3 is 10.1 Å². The van der Waals surface area contributed by atoms with Crippen LogP contribution in [-0.2, 0) is 19.6 Å². The van der Waals surface area contributed by atoms with E-state index in [0.717, 1.165) is 19.1 Å². The highest BCUT2D eigenvalue weighted by molar-refractivity contribution is 7.88. The number of para-hydroxylation sites is 1. The minimum Gasteiger partial charge on any atom is -0.465 e. The Morgan fingerprint density at radius 2 is 1.95 bits per heavy atom. The maximum atomic E-state index is 12.1. The number of rotatable bonds is 6. The van der Waals surface area contributed by atoms with Crippen molar-refractivity contribution in [1.82, 2.24) is 4.31 Å². The van der Waals surface area contributed by atoms with E-state index in [0.29, 0.717) is 5.69 Å². The Balaban J connectivity index is 2.11. The van der Waals surface area contributed by atoms with Gasteiger partial charge in [-0.2, -0.15) is 4.31 Å². The number of methoxy groups -OCH3 is 1. The number of nitrogens with zero attached hydrogens (tertiary/aromatic N) is 1. The van der Waals surface area contributed by atoms with Crippen molar-refractivity contribution >= 4 is 27.6 Å². The highest BCUT2D eigenvalue weighted by Crippen LogP contribution is 2.28. The number of amides is 1. The van der Waals surface area contributed by atoms with E-state index in [2.05, 4.69) is 10.1 Å². The summed E-state index contributed by atoms with van der Waals surface area (Å²) in [6.45, 7) is -0.265. The second-order valence-corrected chi connectivity index (χ2v) is 7.06. The first kappa shape index (κ1) is 16.4. The number of carbonyl (C=O) groups excluding carboxylic acids is 2. The lowest BCUT2D eigenvalue weighted by Gasteiger charge is -2.19. The third-order valence-electron chi connectivity index (χ3n) is 3.29. The fraction of sp³-hybridized carbons (Fsp3) is 0.429. The van der Waals surface area contributed by atoms with Gasteiger partial charge in [0, 0.05) is 6.04 Å². The largest absolute Gasteiger partial charge is 0.465 e. The van der Waals surface area contributed by atoms with Gasteiger partial charge in [0.15, 0.2) is 0 Å². The van der Waals surface area contributed by atoms with Gasteiger partial charge in [-0.15, -0.1) is 0 Å². The van der Waals surface area contributed by atoms with Gasteiger partial charge >= 0.3 is 5.97 Å². The Kier molecular flexibility index (Phi) is 4.82. The molecule has 0 aromatic heterocycles. The van der Waals surface area contributed by atoms with Crippen LogP contribution in [0.15, 0.2) is 24.3 Å².